The quantitative estimate of drug-likeness (QED) is 0.656. The number of benzene rings is 2. The van der Waals surface area contributed by atoms with Gasteiger partial charge in [-0.15, -0.1) is 0 Å². The van der Waals surface area contributed by atoms with Crippen molar-refractivity contribution in [2.75, 3.05) is 0 Å². The molecule has 0 fully saturated rings. The Kier molecular flexibility index (Phi) is 4.99. The summed E-state index contributed by atoms with van der Waals surface area (Å²) >= 11 is 0. The summed E-state index contributed by atoms with van der Waals surface area (Å²) in [7, 11) is 0. The molecule has 0 spiro atoms. The van der Waals surface area contributed by atoms with Gasteiger partial charge in [-0.1, -0.05) is 24.3 Å². The van der Waals surface area contributed by atoms with Crippen molar-refractivity contribution in [1.82, 2.24) is 10.2 Å². The summed E-state index contributed by atoms with van der Waals surface area (Å²) in [6.45, 7) is 2.08. The van der Waals surface area contributed by atoms with Crippen molar-refractivity contribution in [2.24, 2.45) is 0 Å². The Hall–Kier alpha value is -3.67. The van der Waals surface area contributed by atoms with Crippen LogP contribution in [0.15, 0.2) is 71.3 Å². The van der Waals surface area contributed by atoms with Gasteiger partial charge in [0.1, 0.15) is 5.76 Å². The van der Waals surface area contributed by atoms with E-state index in [2.05, 4.69) is 5.32 Å². The molecule has 1 aliphatic rings. The second kappa shape index (κ2) is 7.75. The third-order valence-corrected chi connectivity index (χ3v) is 4.90. The van der Waals surface area contributed by atoms with Crippen LogP contribution in [0, 0.1) is 0 Å². The Morgan fingerprint density at radius 2 is 1.62 bits per heavy atom. The van der Waals surface area contributed by atoms with E-state index in [9.17, 15) is 14.4 Å². The monoisotopic (exact) mass is 388 g/mol. The minimum absolute atomic E-state index is 0.0772. The van der Waals surface area contributed by atoms with E-state index in [1.807, 2.05) is 19.1 Å². The van der Waals surface area contributed by atoms with E-state index in [0.29, 0.717) is 23.1 Å². The van der Waals surface area contributed by atoms with Crippen LogP contribution >= 0.6 is 0 Å². The van der Waals surface area contributed by atoms with Crippen LogP contribution in [0.2, 0.25) is 0 Å². The second-order valence-corrected chi connectivity index (χ2v) is 7.10. The number of hydrogen-bond acceptors (Lipinski definition) is 4. The molecule has 0 radical (unpaired) electrons. The highest BCUT2D eigenvalue weighted by Gasteiger charge is 2.34. The number of nitrogens with zero attached hydrogens (tertiary/aromatic N) is 1. The van der Waals surface area contributed by atoms with Crippen LogP contribution in [0.3, 0.4) is 0 Å². The van der Waals surface area contributed by atoms with Gasteiger partial charge >= 0.3 is 0 Å². The van der Waals surface area contributed by atoms with E-state index in [0.717, 1.165) is 11.3 Å². The lowest BCUT2D eigenvalue weighted by Crippen LogP contribution is -2.34. The first-order valence-corrected chi connectivity index (χ1v) is 9.40. The molecule has 29 heavy (non-hydrogen) atoms. The largest absolute Gasteiger partial charge is 0.469 e. The molecule has 0 saturated carbocycles. The average molecular weight is 388 g/mol. The lowest BCUT2D eigenvalue weighted by Gasteiger charge is -2.15. The zero-order chi connectivity index (χ0) is 20.4. The minimum Gasteiger partial charge on any atom is -0.469 e. The molecule has 0 aliphatic carbocycles. The Morgan fingerprint density at radius 3 is 2.21 bits per heavy atom. The molecule has 2 aromatic carbocycles. The summed E-state index contributed by atoms with van der Waals surface area (Å²) < 4.78 is 5.30. The molecule has 6 heteroatoms. The van der Waals surface area contributed by atoms with Gasteiger partial charge in [0.05, 0.1) is 23.9 Å². The normalized spacial score (nSPS) is 14.0. The van der Waals surface area contributed by atoms with Gasteiger partial charge in [-0.3, -0.25) is 19.3 Å². The first-order valence-electron chi connectivity index (χ1n) is 9.40. The van der Waals surface area contributed by atoms with E-state index in [1.165, 1.54) is 4.90 Å². The van der Waals surface area contributed by atoms with E-state index < -0.39 is 0 Å². The Bertz CT molecular complexity index is 1020. The summed E-state index contributed by atoms with van der Waals surface area (Å²) in [6.07, 6.45) is 2.22. The summed E-state index contributed by atoms with van der Waals surface area (Å²) in [5.41, 5.74) is 2.15. The van der Waals surface area contributed by atoms with Crippen LogP contribution in [-0.4, -0.2) is 28.7 Å². The van der Waals surface area contributed by atoms with Gasteiger partial charge in [-0.25, -0.2) is 0 Å². The maximum atomic E-state index is 12.5. The number of amides is 3. The van der Waals surface area contributed by atoms with Crippen LogP contribution in [0.25, 0.3) is 0 Å². The highest BCUT2D eigenvalue weighted by molar-refractivity contribution is 6.21. The molecular formula is C23H20N2O4. The van der Waals surface area contributed by atoms with E-state index >= 15 is 0 Å². The van der Waals surface area contributed by atoms with E-state index in [1.54, 1.807) is 54.8 Å². The van der Waals surface area contributed by atoms with Gasteiger partial charge in [-0.2, -0.15) is 0 Å². The van der Waals surface area contributed by atoms with Crippen LogP contribution in [-0.2, 0) is 13.0 Å². The lowest BCUT2D eigenvalue weighted by atomic mass is 10.1. The number of carbonyl (C=O) groups excluding carboxylic acids is 3. The van der Waals surface area contributed by atoms with Crippen LogP contribution in [0.1, 0.15) is 49.3 Å². The number of furan rings is 1. The van der Waals surface area contributed by atoms with Crippen molar-refractivity contribution >= 4 is 17.7 Å². The zero-order valence-electron chi connectivity index (χ0n) is 15.9. The molecule has 1 unspecified atom stereocenters. The SMILES string of the molecule is CC(Cc1ccco1)NC(=O)c1ccc(CN2C(=O)c3ccccc3C2=O)cc1. The third kappa shape index (κ3) is 3.82. The first kappa shape index (κ1) is 18.7. The van der Waals surface area contributed by atoms with Crippen molar-refractivity contribution in [2.45, 2.75) is 25.9 Å². The van der Waals surface area contributed by atoms with Crippen molar-refractivity contribution in [3.63, 3.8) is 0 Å². The van der Waals surface area contributed by atoms with E-state index in [-0.39, 0.29) is 30.3 Å². The molecule has 3 amide bonds. The van der Waals surface area contributed by atoms with Gasteiger partial charge < -0.3 is 9.73 Å². The van der Waals surface area contributed by atoms with Gasteiger partial charge in [-0.05, 0) is 48.9 Å². The number of rotatable bonds is 6. The highest BCUT2D eigenvalue weighted by atomic mass is 16.3. The summed E-state index contributed by atoms with van der Waals surface area (Å²) in [5, 5.41) is 2.94. The number of fused-ring (bicyclic) bond motifs is 1. The Morgan fingerprint density at radius 1 is 0.966 bits per heavy atom. The first-order chi connectivity index (χ1) is 14.0. The topological polar surface area (TPSA) is 79.6 Å². The molecule has 0 bridgehead atoms. The predicted molar refractivity (Wildman–Crippen MR) is 106 cm³/mol. The molecule has 1 atom stereocenters. The molecule has 0 saturated heterocycles. The standard InChI is InChI=1S/C23H20N2O4/c1-15(13-18-5-4-12-29-18)24-21(26)17-10-8-16(9-11-17)14-25-22(27)19-6-2-3-7-20(19)23(25)28/h2-12,15H,13-14H2,1H3,(H,24,26). The molecule has 1 aromatic heterocycles. The molecule has 2 heterocycles. The molecular weight excluding hydrogens is 368 g/mol. The van der Waals surface area contributed by atoms with Crippen LogP contribution in [0.5, 0.6) is 0 Å². The maximum absolute atomic E-state index is 12.5. The summed E-state index contributed by atoms with van der Waals surface area (Å²) in [4.78, 5) is 38.6. The fourth-order valence-electron chi connectivity index (χ4n) is 3.42. The zero-order valence-corrected chi connectivity index (χ0v) is 15.9. The Labute approximate surface area is 168 Å². The molecule has 1 aliphatic heterocycles. The minimum atomic E-state index is -0.292. The molecule has 146 valence electrons. The van der Waals surface area contributed by atoms with Crippen LogP contribution < -0.4 is 5.32 Å². The fraction of sp³-hybridized carbons (Fsp3) is 0.174. The number of nitrogens with one attached hydrogen (secondary N) is 1. The smallest absolute Gasteiger partial charge is 0.261 e. The molecule has 1 N–H and O–H groups in total. The summed E-state index contributed by atoms with van der Waals surface area (Å²) in [5.74, 6) is 0.0452. The fourth-order valence-corrected chi connectivity index (χ4v) is 3.42. The van der Waals surface area contributed by atoms with Crippen molar-refractivity contribution in [1.29, 1.82) is 0 Å². The second-order valence-electron chi connectivity index (χ2n) is 7.10. The number of carbonyl (C=O) groups is 3. The van der Waals surface area contributed by atoms with Crippen molar-refractivity contribution in [3.8, 4) is 0 Å². The summed E-state index contributed by atoms with van der Waals surface area (Å²) in [6, 6.07) is 17.3. The number of hydrogen-bond donors (Lipinski definition) is 1. The maximum Gasteiger partial charge on any atom is 0.261 e. The highest BCUT2D eigenvalue weighted by Crippen LogP contribution is 2.24. The van der Waals surface area contributed by atoms with Gasteiger partial charge in [0.2, 0.25) is 0 Å². The number of imide groups is 1. The van der Waals surface area contributed by atoms with Gasteiger partial charge in [0.15, 0.2) is 0 Å². The molecule has 3 aromatic rings. The lowest BCUT2D eigenvalue weighted by molar-refractivity contribution is 0.0641. The molecule has 4 rings (SSSR count). The van der Waals surface area contributed by atoms with Crippen molar-refractivity contribution in [3.05, 3.63) is 94.9 Å². The third-order valence-electron chi connectivity index (χ3n) is 4.90. The van der Waals surface area contributed by atoms with Gasteiger partial charge in [0.25, 0.3) is 17.7 Å². The molecule has 6 nitrogen and oxygen atoms in total. The van der Waals surface area contributed by atoms with Gasteiger partial charge in [0, 0.05) is 18.0 Å². The average Bonchev–Trinajstić information content (AvgIpc) is 3.31. The predicted octanol–water partition coefficient (Wildman–Crippen LogP) is 3.44. The van der Waals surface area contributed by atoms with E-state index in [4.69, 9.17) is 4.42 Å². The van der Waals surface area contributed by atoms with Crippen LogP contribution in [0.4, 0.5) is 0 Å². The van der Waals surface area contributed by atoms with Crippen molar-refractivity contribution < 1.29 is 18.8 Å². The Balaban J connectivity index is 1.39.